The van der Waals surface area contributed by atoms with Crippen molar-refractivity contribution in [2.24, 2.45) is 5.73 Å². The molecule has 4 N–H and O–H groups in total. The van der Waals surface area contributed by atoms with Gasteiger partial charge in [0.15, 0.2) is 0 Å². The molecule has 7 nitrogen and oxygen atoms in total. The molecule has 5 rings (SSSR count). The molecule has 1 aliphatic rings. The summed E-state index contributed by atoms with van der Waals surface area (Å²) in [6.45, 7) is 3.93. The van der Waals surface area contributed by atoms with Crippen molar-refractivity contribution in [3.63, 3.8) is 0 Å². The first-order chi connectivity index (χ1) is 20.4. The zero-order chi connectivity index (χ0) is 29.6. The van der Waals surface area contributed by atoms with Crippen molar-refractivity contribution in [1.29, 1.82) is 5.26 Å². The summed E-state index contributed by atoms with van der Waals surface area (Å²) >= 11 is 6.73. The number of nitrogens with two attached hydrogens (primary N) is 1. The zero-order valence-corrected chi connectivity index (χ0v) is 23.6. The van der Waals surface area contributed by atoms with Crippen LogP contribution in [-0.4, -0.2) is 22.7 Å². The van der Waals surface area contributed by atoms with Gasteiger partial charge < -0.3 is 25.6 Å². The van der Waals surface area contributed by atoms with Crippen LogP contribution in [0, 0.1) is 17.1 Å². The highest BCUT2D eigenvalue weighted by Crippen LogP contribution is 2.43. The lowest BCUT2D eigenvalue weighted by Crippen LogP contribution is -2.36. The van der Waals surface area contributed by atoms with Crippen molar-refractivity contribution >= 4 is 11.6 Å². The average molecular weight is 585 g/mol. The minimum Gasteiger partial charge on any atom is -0.488 e. The number of hydrogen-bond donors (Lipinski definition) is 3. The van der Waals surface area contributed by atoms with Gasteiger partial charge in [-0.1, -0.05) is 54.6 Å². The molecule has 1 aliphatic carbocycles. The van der Waals surface area contributed by atoms with E-state index in [1.54, 1.807) is 36.5 Å². The fourth-order valence-electron chi connectivity index (χ4n) is 5.10. The van der Waals surface area contributed by atoms with Gasteiger partial charge in [-0.25, -0.2) is 4.39 Å². The number of aliphatic hydroxyl groups excluding tert-OH is 1. The minimum atomic E-state index is -0.511. The van der Waals surface area contributed by atoms with Crippen molar-refractivity contribution in [2.45, 2.75) is 38.1 Å². The number of rotatable bonds is 11. The topological polar surface area (TPSA) is 113 Å². The van der Waals surface area contributed by atoms with Crippen LogP contribution < -0.4 is 20.5 Å². The van der Waals surface area contributed by atoms with E-state index in [4.69, 9.17) is 26.8 Å². The maximum atomic E-state index is 14.6. The van der Waals surface area contributed by atoms with Crippen LogP contribution >= 0.6 is 11.6 Å². The lowest BCUT2D eigenvalue weighted by Gasteiger charge is -2.21. The lowest BCUT2D eigenvalue weighted by molar-refractivity contribution is 0.206. The van der Waals surface area contributed by atoms with E-state index >= 15 is 0 Å². The highest BCUT2D eigenvalue weighted by Gasteiger charge is 2.28. The molecule has 9 heteroatoms. The van der Waals surface area contributed by atoms with E-state index in [-0.39, 0.29) is 31.7 Å². The minimum absolute atomic E-state index is 0.155. The third-order valence-electron chi connectivity index (χ3n) is 7.25. The summed E-state index contributed by atoms with van der Waals surface area (Å²) in [5.41, 5.74) is 11.5. The molecule has 0 amide bonds. The molecule has 0 bridgehead atoms. The highest BCUT2D eigenvalue weighted by molar-refractivity contribution is 6.32. The Hall–Kier alpha value is -4.42. The van der Waals surface area contributed by atoms with Crippen LogP contribution in [0.4, 0.5) is 4.39 Å². The monoisotopic (exact) mass is 584 g/mol. The number of nitrogens with one attached hydrogen (secondary N) is 1. The number of ether oxygens (including phenoxy) is 2. The molecule has 0 saturated heterocycles. The number of halogens is 2. The summed E-state index contributed by atoms with van der Waals surface area (Å²) in [7, 11) is 0. The first kappa shape index (κ1) is 29.1. The van der Waals surface area contributed by atoms with Gasteiger partial charge in [-0.15, -0.1) is 0 Å². The van der Waals surface area contributed by atoms with Crippen LogP contribution in [0.3, 0.4) is 0 Å². The van der Waals surface area contributed by atoms with Crippen molar-refractivity contribution in [2.75, 3.05) is 6.61 Å². The smallest absolute Gasteiger partial charge is 0.142 e. The highest BCUT2D eigenvalue weighted by atomic mass is 35.5. The Bertz CT molecular complexity index is 1660. The largest absolute Gasteiger partial charge is 0.488 e. The molecule has 3 aromatic carbocycles. The number of nitrogens with zero attached hydrogens (tertiary/aromatic N) is 2. The molecule has 0 radical (unpaired) electrons. The van der Waals surface area contributed by atoms with Crippen LogP contribution in [0.15, 0.2) is 85.3 Å². The van der Waals surface area contributed by atoms with Crippen LogP contribution in [-0.2, 0) is 19.6 Å². The van der Waals surface area contributed by atoms with Crippen LogP contribution in [0.5, 0.6) is 11.5 Å². The number of fused-ring (bicyclic) bond motifs is 1. The zero-order valence-electron chi connectivity index (χ0n) is 22.8. The van der Waals surface area contributed by atoms with E-state index in [0.717, 1.165) is 28.7 Å². The molecule has 214 valence electrons. The number of benzene rings is 3. The standard InChI is InChI=1S/C33H30ClFN4O3/c1-20(37)30(18-40)39-17-23-12-28(34)33(13-32(23)41-19-22-11-21(14-36)15-38-16-22)42-31-10-9-25-24(6-4-7-27(25)31)26-5-2-3-8-29(26)35/h2-8,11-13,15-16,30-31,39-40H,1,9-10,17-19,37H2/t30-,31-/m0/s1. The molecular weight excluding hydrogens is 555 g/mol. The quantitative estimate of drug-likeness (QED) is 0.199. The Kier molecular flexibility index (Phi) is 9.03. The first-order valence-electron chi connectivity index (χ1n) is 13.5. The second-order valence-electron chi connectivity index (χ2n) is 10.1. The number of hydrogen-bond acceptors (Lipinski definition) is 7. The number of aliphatic hydroxyl groups is 1. The predicted molar refractivity (Wildman–Crippen MR) is 159 cm³/mol. The Labute approximate surface area is 249 Å². The molecule has 0 saturated carbocycles. The summed E-state index contributed by atoms with van der Waals surface area (Å²) in [6.07, 6.45) is 4.28. The SMILES string of the molecule is C=C(N)[C@H](CO)NCc1cc(Cl)c(O[C@H]2CCc3c(-c4ccccc4F)cccc32)cc1OCc1cncc(C#N)c1. The van der Waals surface area contributed by atoms with Crippen molar-refractivity contribution in [1.82, 2.24) is 10.3 Å². The second kappa shape index (κ2) is 13.0. The molecule has 0 fully saturated rings. The van der Waals surface area contributed by atoms with Crippen molar-refractivity contribution in [3.8, 4) is 28.7 Å². The van der Waals surface area contributed by atoms with E-state index in [2.05, 4.69) is 22.9 Å². The number of nitriles is 1. The average Bonchev–Trinajstić information content (AvgIpc) is 3.41. The Morgan fingerprint density at radius 2 is 1.98 bits per heavy atom. The van der Waals surface area contributed by atoms with Crippen LogP contribution in [0.25, 0.3) is 11.1 Å². The van der Waals surface area contributed by atoms with Gasteiger partial charge in [-0.3, -0.25) is 4.98 Å². The van der Waals surface area contributed by atoms with Crippen molar-refractivity contribution in [3.05, 3.63) is 124 Å². The Balaban J connectivity index is 1.43. The van der Waals surface area contributed by atoms with E-state index in [0.29, 0.717) is 45.3 Å². The summed E-state index contributed by atoms with van der Waals surface area (Å²) < 4.78 is 27.3. The molecule has 42 heavy (non-hydrogen) atoms. The van der Waals surface area contributed by atoms with Crippen molar-refractivity contribution < 1.29 is 19.0 Å². The van der Waals surface area contributed by atoms with Gasteiger partial charge in [0.05, 0.1) is 23.2 Å². The molecule has 4 aromatic rings. The van der Waals surface area contributed by atoms with Gasteiger partial charge in [0.2, 0.25) is 0 Å². The second-order valence-corrected chi connectivity index (χ2v) is 10.5. The van der Waals surface area contributed by atoms with Gasteiger partial charge in [0.25, 0.3) is 0 Å². The van der Waals surface area contributed by atoms with Gasteiger partial charge in [-0.2, -0.15) is 5.26 Å². The maximum Gasteiger partial charge on any atom is 0.142 e. The molecule has 0 spiro atoms. The van der Waals surface area contributed by atoms with E-state index in [1.165, 1.54) is 12.3 Å². The van der Waals surface area contributed by atoms with Crippen LogP contribution in [0.1, 0.15) is 40.3 Å². The molecule has 1 aromatic heterocycles. The van der Waals surface area contributed by atoms with Gasteiger partial charge in [0.1, 0.15) is 36.1 Å². The predicted octanol–water partition coefficient (Wildman–Crippen LogP) is 5.98. The summed E-state index contributed by atoms with van der Waals surface area (Å²) in [5, 5.41) is 22.4. The van der Waals surface area contributed by atoms with E-state index in [1.807, 2.05) is 24.3 Å². The van der Waals surface area contributed by atoms with Crippen LogP contribution in [0.2, 0.25) is 5.02 Å². The summed E-state index contributed by atoms with van der Waals surface area (Å²) in [4.78, 5) is 4.10. The van der Waals surface area contributed by atoms with E-state index < -0.39 is 6.04 Å². The third-order valence-corrected chi connectivity index (χ3v) is 7.55. The Morgan fingerprint density at radius 3 is 2.74 bits per heavy atom. The molecule has 1 heterocycles. The molecular formula is C33H30ClFN4O3. The fraction of sp³-hybridized carbons (Fsp3) is 0.212. The lowest BCUT2D eigenvalue weighted by atomic mass is 9.96. The third kappa shape index (κ3) is 6.39. The fourth-order valence-corrected chi connectivity index (χ4v) is 5.33. The molecule has 2 atom stereocenters. The normalized spacial score (nSPS) is 14.6. The van der Waals surface area contributed by atoms with Gasteiger partial charge >= 0.3 is 0 Å². The first-order valence-corrected chi connectivity index (χ1v) is 13.9. The maximum absolute atomic E-state index is 14.6. The van der Waals surface area contributed by atoms with Gasteiger partial charge in [0, 0.05) is 47.4 Å². The van der Waals surface area contributed by atoms with Gasteiger partial charge in [-0.05, 0) is 47.7 Å². The molecule has 0 unspecified atom stereocenters. The Morgan fingerprint density at radius 1 is 1.17 bits per heavy atom. The summed E-state index contributed by atoms with van der Waals surface area (Å²) in [5.74, 6) is 0.679. The molecule has 0 aliphatic heterocycles. The van der Waals surface area contributed by atoms with E-state index in [9.17, 15) is 14.8 Å². The number of aromatic nitrogens is 1. The number of pyridine rings is 1. The summed E-state index contributed by atoms with van der Waals surface area (Å²) in [6, 6.07) is 19.4.